The Morgan fingerprint density at radius 2 is 2.30 bits per heavy atom. The van der Waals surface area contributed by atoms with Crippen LogP contribution >= 0.6 is 0 Å². The number of aromatic nitrogens is 1. The number of nitrogens with one attached hydrogen (secondary N) is 1. The van der Waals surface area contributed by atoms with E-state index in [1.807, 2.05) is 12.1 Å². The van der Waals surface area contributed by atoms with Gasteiger partial charge in [0.05, 0.1) is 12.2 Å². The van der Waals surface area contributed by atoms with Crippen molar-refractivity contribution in [2.24, 2.45) is 5.92 Å². The number of ether oxygens (including phenoxy) is 1. The highest BCUT2D eigenvalue weighted by molar-refractivity contribution is 5.52. The molecule has 126 valence electrons. The number of nitriles is 1. The monoisotopic (exact) mass is 316 g/mol. The molecule has 0 aromatic carbocycles. The molecule has 1 aliphatic rings. The summed E-state index contributed by atoms with van der Waals surface area (Å²) in [6, 6.07) is 6.05. The van der Waals surface area contributed by atoms with Gasteiger partial charge in [-0.2, -0.15) is 5.26 Å². The van der Waals surface area contributed by atoms with E-state index >= 15 is 0 Å². The molecule has 1 atom stereocenters. The van der Waals surface area contributed by atoms with Gasteiger partial charge in [-0.15, -0.1) is 0 Å². The molecule has 5 nitrogen and oxygen atoms in total. The number of pyridine rings is 1. The second kappa shape index (κ2) is 8.85. The van der Waals surface area contributed by atoms with Gasteiger partial charge in [-0.1, -0.05) is 13.8 Å². The van der Waals surface area contributed by atoms with Crippen LogP contribution in [0, 0.1) is 17.2 Å². The fourth-order valence-corrected chi connectivity index (χ4v) is 3.00. The second-order valence-corrected chi connectivity index (χ2v) is 6.58. The minimum absolute atomic E-state index is 0.363. The van der Waals surface area contributed by atoms with Crippen LogP contribution in [0.4, 0.5) is 5.82 Å². The van der Waals surface area contributed by atoms with Gasteiger partial charge in [0.1, 0.15) is 11.9 Å². The molecule has 23 heavy (non-hydrogen) atoms. The first-order chi connectivity index (χ1) is 11.1. The summed E-state index contributed by atoms with van der Waals surface area (Å²) in [7, 11) is 1.75. The van der Waals surface area contributed by atoms with Crippen LogP contribution < -0.4 is 5.32 Å². The number of methoxy groups -OCH3 is 1. The van der Waals surface area contributed by atoms with Crippen molar-refractivity contribution in [3.05, 3.63) is 23.4 Å². The number of likely N-dealkylation sites (tertiary alicyclic amines) is 1. The largest absolute Gasteiger partial charge is 0.383 e. The van der Waals surface area contributed by atoms with E-state index in [0.717, 1.165) is 44.3 Å². The lowest BCUT2D eigenvalue weighted by molar-refractivity contribution is 0.117. The van der Waals surface area contributed by atoms with Crippen LogP contribution in [0.2, 0.25) is 0 Å². The first-order valence-corrected chi connectivity index (χ1v) is 8.50. The van der Waals surface area contributed by atoms with Crippen LogP contribution in [0.1, 0.15) is 43.9 Å². The zero-order valence-electron chi connectivity index (χ0n) is 14.5. The Labute approximate surface area is 139 Å². The third kappa shape index (κ3) is 5.19. The molecular formula is C18H28N4O. The van der Waals surface area contributed by atoms with Crippen molar-refractivity contribution in [1.82, 2.24) is 9.88 Å². The van der Waals surface area contributed by atoms with Crippen LogP contribution in [0.15, 0.2) is 12.1 Å². The Kier molecular flexibility index (Phi) is 6.82. The molecule has 2 heterocycles. The smallest absolute Gasteiger partial charge is 0.144 e. The van der Waals surface area contributed by atoms with Gasteiger partial charge in [-0.05, 0) is 43.4 Å². The number of rotatable bonds is 7. The van der Waals surface area contributed by atoms with Gasteiger partial charge >= 0.3 is 0 Å². The SMILES string of the molecule is COCCN1CCCC(CNc2nc(C(C)C)ccc2C#N)C1. The van der Waals surface area contributed by atoms with Crippen molar-refractivity contribution in [3.63, 3.8) is 0 Å². The van der Waals surface area contributed by atoms with Gasteiger partial charge in [0.2, 0.25) is 0 Å². The van der Waals surface area contributed by atoms with E-state index in [1.54, 1.807) is 7.11 Å². The minimum Gasteiger partial charge on any atom is -0.383 e. The molecule has 1 aromatic heterocycles. The zero-order chi connectivity index (χ0) is 16.7. The molecule has 0 amide bonds. The fraction of sp³-hybridized carbons (Fsp3) is 0.667. The lowest BCUT2D eigenvalue weighted by Crippen LogP contribution is -2.39. The average Bonchev–Trinajstić information content (AvgIpc) is 2.58. The molecule has 1 fully saturated rings. The van der Waals surface area contributed by atoms with Crippen molar-refractivity contribution in [1.29, 1.82) is 5.26 Å². The molecular weight excluding hydrogens is 288 g/mol. The highest BCUT2D eigenvalue weighted by atomic mass is 16.5. The summed E-state index contributed by atoms with van der Waals surface area (Å²) in [6.07, 6.45) is 2.45. The Hall–Kier alpha value is -1.64. The lowest BCUT2D eigenvalue weighted by atomic mass is 9.98. The quantitative estimate of drug-likeness (QED) is 0.838. The van der Waals surface area contributed by atoms with Gasteiger partial charge in [-0.3, -0.25) is 0 Å². The number of hydrogen-bond donors (Lipinski definition) is 1. The summed E-state index contributed by atoms with van der Waals surface area (Å²) in [5, 5.41) is 12.7. The second-order valence-electron chi connectivity index (χ2n) is 6.58. The maximum Gasteiger partial charge on any atom is 0.144 e. The van der Waals surface area contributed by atoms with Crippen LogP contribution in [-0.4, -0.2) is 49.8 Å². The van der Waals surface area contributed by atoms with E-state index < -0.39 is 0 Å². The van der Waals surface area contributed by atoms with E-state index in [9.17, 15) is 5.26 Å². The molecule has 1 aliphatic heterocycles. The Balaban J connectivity index is 1.94. The fourth-order valence-electron chi connectivity index (χ4n) is 3.00. The molecule has 1 N–H and O–H groups in total. The van der Waals surface area contributed by atoms with E-state index in [4.69, 9.17) is 4.74 Å². The summed E-state index contributed by atoms with van der Waals surface area (Å²) in [5.74, 6) is 1.69. The van der Waals surface area contributed by atoms with Crippen LogP contribution in [-0.2, 0) is 4.74 Å². The summed E-state index contributed by atoms with van der Waals surface area (Å²) in [4.78, 5) is 7.09. The summed E-state index contributed by atoms with van der Waals surface area (Å²) < 4.78 is 5.17. The number of piperidine rings is 1. The Bertz CT molecular complexity index is 538. The van der Waals surface area contributed by atoms with Crippen LogP contribution in [0.3, 0.4) is 0 Å². The molecule has 0 aliphatic carbocycles. The predicted molar refractivity (Wildman–Crippen MR) is 92.6 cm³/mol. The maximum atomic E-state index is 9.27. The first-order valence-electron chi connectivity index (χ1n) is 8.50. The molecule has 1 saturated heterocycles. The van der Waals surface area contributed by atoms with E-state index in [-0.39, 0.29) is 0 Å². The molecule has 0 spiro atoms. The van der Waals surface area contributed by atoms with E-state index in [0.29, 0.717) is 17.4 Å². The average molecular weight is 316 g/mol. The molecule has 1 unspecified atom stereocenters. The molecule has 0 radical (unpaired) electrons. The molecule has 1 aromatic rings. The third-order valence-electron chi connectivity index (χ3n) is 4.40. The Morgan fingerprint density at radius 1 is 1.48 bits per heavy atom. The topological polar surface area (TPSA) is 61.2 Å². The van der Waals surface area contributed by atoms with Crippen LogP contribution in [0.5, 0.6) is 0 Å². The van der Waals surface area contributed by atoms with Crippen LogP contribution in [0.25, 0.3) is 0 Å². The predicted octanol–water partition coefficient (Wildman–Crippen LogP) is 2.85. The maximum absolute atomic E-state index is 9.27. The standard InChI is InChI=1S/C18H28N4O/c1-14(2)17-7-6-16(11-19)18(21-17)20-12-15-5-4-8-22(13-15)9-10-23-3/h6-7,14-15H,4-5,8-10,12-13H2,1-3H3,(H,20,21). The summed E-state index contributed by atoms with van der Waals surface area (Å²) >= 11 is 0. The van der Waals surface area contributed by atoms with Gasteiger partial charge in [0.25, 0.3) is 0 Å². The summed E-state index contributed by atoms with van der Waals surface area (Å²) in [5.41, 5.74) is 1.65. The van der Waals surface area contributed by atoms with E-state index in [1.165, 1.54) is 12.8 Å². The summed E-state index contributed by atoms with van der Waals surface area (Å²) in [6.45, 7) is 9.13. The molecule has 5 heteroatoms. The lowest BCUT2D eigenvalue weighted by Gasteiger charge is -2.32. The molecule has 0 bridgehead atoms. The zero-order valence-corrected chi connectivity index (χ0v) is 14.5. The Morgan fingerprint density at radius 3 is 3.00 bits per heavy atom. The number of nitrogens with zero attached hydrogens (tertiary/aromatic N) is 3. The van der Waals surface area contributed by atoms with Crippen molar-refractivity contribution in [3.8, 4) is 6.07 Å². The van der Waals surface area contributed by atoms with Gasteiger partial charge in [-0.25, -0.2) is 4.98 Å². The molecule has 0 saturated carbocycles. The third-order valence-corrected chi connectivity index (χ3v) is 4.40. The van der Waals surface area contributed by atoms with Crippen molar-refractivity contribution >= 4 is 5.82 Å². The first kappa shape index (κ1) is 17.7. The number of hydrogen-bond acceptors (Lipinski definition) is 5. The van der Waals surface area contributed by atoms with Crippen molar-refractivity contribution in [2.75, 3.05) is 45.2 Å². The van der Waals surface area contributed by atoms with Crippen molar-refractivity contribution < 1.29 is 4.74 Å². The number of anilines is 1. The minimum atomic E-state index is 0.363. The normalized spacial score (nSPS) is 18.8. The van der Waals surface area contributed by atoms with Gasteiger partial charge in [0, 0.05) is 32.4 Å². The van der Waals surface area contributed by atoms with Gasteiger partial charge in [0.15, 0.2) is 0 Å². The highest BCUT2D eigenvalue weighted by Crippen LogP contribution is 2.21. The van der Waals surface area contributed by atoms with E-state index in [2.05, 4.69) is 35.1 Å². The highest BCUT2D eigenvalue weighted by Gasteiger charge is 2.20. The van der Waals surface area contributed by atoms with Gasteiger partial charge < -0.3 is 15.0 Å². The van der Waals surface area contributed by atoms with Crippen molar-refractivity contribution in [2.45, 2.75) is 32.6 Å². The molecule has 2 rings (SSSR count).